The summed E-state index contributed by atoms with van der Waals surface area (Å²) in [6, 6.07) is 14.5. The summed E-state index contributed by atoms with van der Waals surface area (Å²) in [5.74, 6) is -0.442. The van der Waals surface area contributed by atoms with Crippen LogP contribution >= 0.6 is 0 Å². The fourth-order valence-electron chi connectivity index (χ4n) is 4.85. The van der Waals surface area contributed by atoms with Crippen LogP contribution in [0.25, 0.3) is 0 Å². The normalized spacial score (nSPS) is 23.7. The van der Waals surface area contributed by atoms with Crippen molar-refractivity contribution in [2.24, 2.45) is 0 Å². The molecule has 2 aliphatic rings. The molecule has 1 amide bonds. The first kappa shape index (κ1) is 20.7. The second kappa shape index (κ2) is 8.76. The van der Waals surface area contributed by atoms with Gasteiger partial charge in [0.15, 0.2) is 5.60 Å². The molecule has 2 atom stereocenters. The molecule has 2 aromatic heterocycles. The van der Waals surface area contributed by atoms with Crippen molar-refractivity contribution in [2.45, 2.75) is 24.6 Å². The van der Waals surface area contributed by atoms with Crippen LogP contribution < -0.4 is 0 Å². The summed E-state index contributed by atoms with van der Waals surface area (Å²) in [6.07, 6.45) is 7.00. The molecule has 164 valence electrons. The lowest BCUT2D eigenvalue weighted by Crippen LogP contribution is -2.59. The maximum atomic E-state index is 14.3. The van der Waals surface area contributed by atoms with Crippen molar-refractivity contribution >= 4 is 5.91 Å². The van der Waals surface area contributed by atoms with Crippen LogP contribution in [0.1, 0.15) is 22.6 Å². The largest absolute Gasteiger partial charge is 0.361 e. The van der Waals surface area contributed by atoms with Crippen LogP contribution in [0, 0.1) is 5.82 Å². The van der Waals surface area contributed by atoms with Crippen LogP contribution in [0.3, 0.4) is 0 Å². The fourth-order valence-corrected chi connectivity index (χ4v) is 4.85. The van der Waals surface area contributed by atoms with E-state index >= 15 is 0 Å². The molecule has 0 saturated carbocycles. The molecular weight excluding hydrogens is 407 g/mol. The van der Waals surface area contributed by atoms with Crippen molar-refractivity contribution in [3.8, 4) is 0 Å². The second-order valence-electron chi connectivity index (χ2n) is 8.42. The molecule has 2 fully saturated rings. The van der Waals surface area contributed by atoms with E-state index in [1.165, 1.54) is 6.07 Å². The Kier molecular flexibility index (Phi) is 5.68. The number of halogens is 1. The number of benzene rings is 1. The van der Waals surface area contributed by atoms with Gasteiger partial charge in [-0.1, -0.05) is 24.3 Å². The lowest BCUT2D eigenvalue weighted by molar-refractivity contribution is -0.173. The van der Waals surface area contributed by atoms with E-state index in [-0.39, 0.29) is 17.6 Å². The average molecular weight is 432 g/mol. The number of morpholine rings is 1. The predicted molar refractivity (Wildman–Crippen MR) is 117 cm³/mol. The van der Waals surface area contributed by atoms with Crippen LogP contribution in [0.5, 0.6) is 0 Å². The van der Waals surface area contributed by atoms with E-state index in [1.54, 1.807) is 36.9 Å². The zero-order valence-electron chi connectivity index (χ0n) is 17.7. The van der Waals surface area contributed by atoms with E-state index in [4.69, 9.17) is 4.74 Å². The maximum absolute atomic E-state index is 14.3. The first-order valence-electron chi connectivity index (χ1n) is 10.8. The number of amides is 1. The summed E-state index contributed by atoms with van der Waals surface area (Å²) in [6.45, 7) is 2.93. The number of rotatable bonds is 5. The monoisotopic (exact) mass is 432 g/mol. The quantitative estimate of drug-likeness (QED) is 0.620. The molecule has 1 aromatic carbocycles. The van der Waals surface area contributed by atoms with Gasteiger partial charge < -0.3 is 9.64 Å². The highest BCUT2D eigenvalue weighted by atomic mass is 19.1. The molecule has 2 aliphatic heterocycles. The SMILES string of the molecule is O=C1N(Cc2ccncc2)CCOC12CN(Cc1ccccc1F)CC2c1cccnc1. The molecule has 4 heterocycles. The number of carbonyl (C=O) groups is 1. The Bertz CT molecular complexity index is 1080. The van der Waals surface area contributed by atoms with E-state index in [1.807, 2.05) is 35.2 Å². The number of pyridine rings is 2. The number of aromatic nitrogens is 2. The Morgan fingerprint density at radius 3 is 2.66 bits per heavy atom. The molecule has 0 aliphatic carbocycles. The molecule has 32 heavy (non-hydrogen) atoms. The zero-order chi connectivity index (χ0) is 22.0. The number of nitrogens with zero attached hydrogens (tertiary/aromatic N) is 4. The minimum atomic E-state index is -1.01. The highest BCUT2D eigenvalue weighted by Crippen LogP contribution is 2.42. The summed E-state index contributed by atoms with van der Waals surface area (Å²) < 4.78 is 20.6. The van der Waals surface area contributed by atoms with Gasteiger partial charge in [0.25, 0.3) is 5.91 Å². The van der Waals surface area contributed by atoms with Crippen LogP contribution in [0.4, 0.5) is 4.39 Å². The van der Waals surface area contributed by atoms with Gasteiger partial charge in [0.2, 0.25) is 0 Å². The van der Waals surface area contributed by atoms with Crippen molar-refractivity contribution < 1.29 is 13.9 Å². The van der Waals surface area contributed by atoms with Crippen molar-refractivity contribution in [3.05, 3.63) is 95.8 Å². The van der Waals surface area contributed by atoms with Crippen LogP contribution in [-0.4, -0.2) is 57.5 Å². The van der Waals surface area contributed by atoms with Gasteiger partial charge >= 0.3 is 0 Å². The molecule has 1 spiro atoms. The summed E-state index contributed by atoms with van der Waals surface area (Å²) in [5.41, 5.74) is 1.60. The molecule has 0 bridgehead atoms. The van der Waals surface area contributed by atoms with Gasteiger partial charge in [-0.05, 0) is 35.4 Å². The summed E-state index contributed by atoms with van der Waals surface area (Å²) >= 11 is 0. The number of hydrogen-bond acceptors (Lipinski definition) is 5. The first-order valence-corrected chi connectivity index (χ1v) is 10.8. The lowest BCUT2D eigenvalue weighted by atomic mass is 9.83. The van der Waals surface area contributed by atoms with Gasteiger partial charge in [0, 0.05) is 69.0 Å². The number of likely N-dealkylation sites (tertiary alicyclic amines) is 1. The molecule has 0 N–H and O–H groups in total. The molecule has 6 nitrogen and oxygen atoms in total. The van der Waals surface area contributed by atoms with Crippen molar-refractivity contribution in [3.63, 3.8) is 0 Å². The Morgan fingerprint density at radius 2 is 1.88 bits per heavy atom. The maximum Gasteiger partial charge on any atom is 0.257 e. The van der Waals surface area contributed by atoms with Crippen LogP contribution in [0.15, 0.2) is 73.3 Å². The third-order valence-electron chi connectivity index (χ3n) is 6.39. The summed E-state index contributed by atoms with van der Waals surface area (Å²) in [4.78, 5) is 26.2. The number of ether oxygens (including phenoxy) is 1. The predicted octanol–water partition coefficient (Wildman–Crippen LogP) is 3.01. The summed E-state index contributed by atoms with van der Waals surface area (Å²) in [5, 5.41) is 0. The minimum Gasteiger partial charge on any atom is -0.361 e. The van der Waals surface area contributed by atoms with Gasteiger partial charge in [-0.15, -0.1) is 0 Å². The molecule has 3 aromatic rings. The molecular formula is C25H25FN4O2. The average Bonchev–Trinajstić information content (AvgIpc) is 3.18. The summed E-state index contributed by atoms with van der Waals surface area (Å²) in [7, 11) is 0. The zero-order valence-corrected chi connectivity index (χ0v) is 17.7. The minimum absolute atomic E-state index is 0.0227. The van der Waals surface area contributed by atoms with Crippen molar-refractivity contribution in [1.29, 1.82) is 0 Å². The van der Waals surface area contributed by atoms with Crippen LogP contribution in [-0.2, 0) is 22.6 Å². The van der Waals surface area contributed by atoms with Crippen molar-refractivity contribution in [1.82, 2.24) is 19.8 Å². The highest BCUT2D eigenvalue weighted by molar-refractivity contribution is 5.88. The van der Waals surface area contributed by atoms with Gasteiger partial charge in [0.05, 0.1) is 6.61 Å². The highest BCUT2D eigenvalue weighted by Gasteiger charge is 2.57. The smallest absolute Gasteiger partial charge is 0.257 e. The van der Waals surface area contributed by atoms with E-state index in [2.05, 4.69) is 14.9 Å². The second-order valence-corrected chi connectivity index (χ2v) is 8.42. The van der Waals surface area contributed by atoms with E-state index in [0.29, 0.717) is 44.9 Å². The molecule has 5 rings (SSSR count). The molecule has 0 radical (unpaired) electrons. The number of carbonyl (C=O) groups excluding carboxylic acids is 1. The molecule has 2 unspecified atom stereocenters. The fraction of sp³-hybridized carbons (Fsp3) is 0.320. The van der Waals surface area contributed by atoms with Crippen LogP contribution in [0.2, 0.25) is 0 Å². The van der Waals surface area contributed by atoms with Gasteiger partial charge in [0.1, 0.15) is 5.82 Å². The first-order chi connectivity index (χ1) is 15.7. The Balaban J connectivity index is 1.45. The van der Waals surface area contributed by atoms with Crippen molar-refractivity contribution in [2.75, 3.05) is 26.2 Å². The standard InChI is InChI=1S/C25H25FN4O2/c26-23-6-2-1-4-21(23)16-29-17-22(20-5-3-9-28-14-20)25(18-29)24(31)30(12-13-32-25)15-19-7-10-27-11-8-19/h1-11,14,22H,12-13,15-18H2. The topological polar surface area (TPSA) is 58.6 Å². The van der Waals surface area contributed by atoms with E-state index < -0.39 is 5.60 Å². The van der Waals surface area contributed by atoms with Gasteiger partial charge in [-0.3, -0.25) is 19.7 Å². The van der Waals surface area contributed by atoms with E-state index in [9.17, 15) is 9.18 Å². The third-order valence-corrected chi connectivity index (χ3v) is 6.39. The Hall–Kier alpha value is -3.16. The van der Waals surface area contributed by atoms with Gasteiger partial charge in [-0.25, -0.2) is 4.39 Å². The third kappa shape index (κ3) is 3.89. The van der Waals surface area contributed by atoms with Gasteiger partial charge in [-0.2, -0.15) is 0 Å². The Labute approximate surface area is 186 Å². The number of hydrogen-bond donors (Lipinski definition) is 0. The Morgan fingerprint density at radius 1 is 1.03 bits per heavy atom. The van der Waals surface area contributed by atoms with E-state index in [0.717, 1.165) is 11.1 Å². The lowest BCUT2D eigenvalue weighted by Gasteiger charge is -2.42. The molecule has 2 saturated heterocycles. The molecule has 7 heteroatoms.